The number of benzene rings is 1. The summed E-state index contributed by atoms with van der Waals surface area (Å²) in [5.41, 5.74) is 1.22. The molecule has 1 aromatic heterocycles. The van der Waals surface area contributed by atoms with E-state index in [1.807, 2.05) is 30.5 Å². The molecule has 4 heteroatoms. The van der Waals surface area contributed by atoms with Crippen LogP contribution in [0.3, 0.4) is 0 Å². The summed E-state index contributed by atoms with van der Waals surface area (Å²) >= 11 is 5.87. The average Bonchev–Trinajstić information content (AvgIpc) is 2.83. The maximum absolute atomic E-state index is 5.87. The van der Waals surface area contributed by atoms with Gasteiger partial charge in [0.1, 0.15) is 5.82 Å². The maximum atomic E-state index is 5.87. The van der Waals surface area contributed by atoms with Crippen LogP contribution >= 0.6 is 11.6 Å². The minimum absolute atomic E-state index is 0.190. The van der Waals surface area contributed by atoms with Crippen molar-refractivity contribution in [1.82, 2.24) is 15.3 Å². The Hall–Kier alpha value is -1.32. The number of aromatic amines is 1. The third kappa shape index (κ3) is 3.08. The van der Waals surface area contributed by atoms with Gasteiger partial charge in [-0.2, -0.15) is 0 Å². The van der Waals surface area contributed by atoms with Crippen LogP contribution in [0.5, 0.6) is 0 Å². The molecule has 0 aliphatic rings. The van der Waals surface area contributed by atoms with Crippen LogP contribution in [0.25, 0.3) is 0 Å². The first-order valence-corrected chi connectivity index (χ1v) is 6.05. The van der Waals surface area contributed by atoms with Gasteiger partial charge in [-0.1, -0.05) is 23.7 Å². The standard InChI is InChI=1S/C13H16ClN3/c1-9(11-3-5-12(14)6-4-11)17-10(2)13-15-7-8-16-13/h3-10,17H,1-2H3,(H,15,16). The molecular weight excluding hydrogens is 234 g/mol. The summed E-state index contributed by atoms with van der Waals surface area (Å²) < 4.78 is 0. The molecule has 0 aliphatic carbocycles. The summed E-state index contributed by atoms with van der Waals surface area (Å²) in [5, 5.41) is 4.25. The van der Waals surface area contributed by atoms with Crippen molar-refractivity contribution in [3.05, 3.63) is 53.1 Å². The van der Waals surface area contributed by atoms with Gasteiger partial charge in [-0.15, -0.1) is 0 Å². The van der Waals surface area contributed by atoms with Crippen LogP contribution in [-0.4, -0.2) is 9.97 Å². The first-order chi connectivity index (χ1) is 8.16. The molecule has 2 N–H and O–H groups in total. The van der Waals surface area contributed by atoms with Crippen LogP contribution in [-0.2, 0) is 0 Å². The molecule has 2 unspecified atom stereocenters. The molecule has 2 atom stereocenters. The summed E-state index contributed by atoms with van der Waals surface area (Å²) in [6, 6.07) is 8.34. The number of rotatable bonds is 4. The van der Waals surface area contributed by atoms with E-state index in [1.165, 1.54) is 5.56 Å². The molecule has 1 aromatic carbocycles. The predicted molar refractivity (Wildman–Crippen MR) is 70.0 cm³/mol. The van der Waals surface area contributed by atoms with Crippen molar-refractivity contribution in [2.45, 2.75) is 25.9 Å². The molecule has 0 aliphatic heterocycles. The Balaban J connectivity index is 2.01. The molecule has 0 bridgehead atoms. The van der Waals surface area contributed by atoms with Crippen LogP contribution in [0.1, 0.15) is 37.3 Å². The molecule has 0 fully saturated rings. The highest BCUT2D eigenvalue weighted by atomic mass is 35.5. The number of hydrogen-bond donors (Lipinski definition) is 2. The van der Waals surface area contributed by atoms with Crippen molar-refractivity contribution in [2.24, 2.45) is 0 Å². The second-order valence-corrected chi connectivity index (χ2v) is 4.57. The van der Waals surface area contributed by atoms with Crippen molar-refractivity contribution >= 4 is 11.6 Å². The van der Waals surface area contributed by atoms with Gasteiger partial charge in [-0.25, -0.2) is 4.98 Å². The van der Waals surface area contributed by atoms with Crippen molar-refractivity contribution in [3.63, 3.8) is 0 Å². The number of hydrogen-bond acceptors (Lipinski definition) is 2. The summed E-state index contributed by atoms with van der Waals surface area (Å²) in [6.45, 7) is 4.22. The molecule has 3 nitrogen and oxygen atoms in total. The van der Waals surface area contributed by atoms with Gasteiger partial charge in [0.25, 0.3) is 0 Å². The van der Waals surface area contributed by atoms with E-state index >= 15 is 0 Å². The smallest absolute Gasteiger partial charge is 0.122 e. The molecule has 17 heavy (non-hydrogen) atoms. The normalized spacial score (nSPS) is 14.5. The van der Waals surface area contributed by atoms with E-state index in [0.29, 0.717) is 0 Å². The maximum Gasteiger partial charge on any atom is 0.122 e. The molecule has 0 saturated carbocycles. The first kappa shape index (κ1) is 12.1. The summed E-state index contributed by atoms with van der Waals surface area (Å²) in [4.78, 5) is 7.35. The lowest BCUT2D eigenvalue weighted by Crippen LogP contribution is -2.23. The Bertz CT molecular complexity index is 450. The molecule has 0 radical (unpaired) electrons. The van der Waals surface area contributed by atoms with Crippen LogP contribution in [0.15, 0.2) is 36.7 Å². The van der Waals surface area contributed by atoms with E-state index in [2.05, 4.69) is 29.1 Å². The fourth-order valence-electron chi connectivity index (χ4n) is 1.82. The number of nitrogens with one attached hydrogen (secondary N) is 2. The monoisotopic (exact) mass is 249 g/mol. The fraction of sp³-hybridized carbons (Fsp3) is 0.308. The average molecular weight is 250 g/mol. The third-order valence-electron chi connectivity index (χ3n) is 2.80. The van der Waals surface area contributed by atoms with Crippen LogP contribution in [0.4, 0.5) is 0 Å². The van der Waals surface area contributed by atoms with Gasteiger partial charge in [0.15, 0.2) is 0 Å². The Kier molecular flexibility index (Phi) is 3.82. The van der Waals surface area contributed by atoms with Gasteiger partial charge in [0.05, 0.1) is 6.04 Å². The lowest BCUT2D eigenvalue weighted by molar-refractivity contribution is 0.479. The number of imidazole rings is 1. The van der Waals surface area contributed by atoms with Gasteiger partial charge >= 0.3 is 0 Å². The SMILES string of the molecule is CC(NC(C)c1ncc[nH]1)c1ccc(Cl)cc1. The van der Waals surface area contributed by atoms with E-state index < -0.39 is 0 Å². The second kappa shape index (κ2) is 5.34. The molecular formula is C13H16ClN3. The number of aromatic nitrogens is 2. The van der Waals surface area contributed by atoms with Gasteiger partial charge in [-0.05, 0) is 31.5 Å². The molecule has 0 saturated heterocycles. The predicted octanol–water partition coefficient (Wildman–Crippen LogP) is 3.47. The van der Waals surface area contributed by atoms with E-state index in [1.54, 1.807) is 6.20 Å². The lowest BCUT2D eigenvalue weighted by Gasteiger charge is -2.19. The quantitative estimate of drug-likeness (QED) is 0.871. The minimum atomic E-state index is 0.190. The number of nitrogens with zero attached hydrogens (tertiary/aromatic N) is 1. The van der Waals surface area contributed by atoms with Gasteiger partial charge in [0.2, 0.25) is 0 Å². The molecule has 2 aromatic rings. The minimum Gasteiger partial charge on any atom is -0.347 e. The largest absolute Gasteiger partial charge is 0.347 e. The van der Waals surface area contributed by atoms with Gasteiger partial charge in [-0.3, -0.25) is 0 Å². The molecule has 0 spiro atoms. The third-order valence-corrected chi connectivity index (χ3v) is 3.05. The Morgan fingerprint density at radius 1 is 1.18 bits per heavy atom. The molecule has 0 amide bonds. The highest BCUT2D eigenvalue weighted by molar-refractivity contribution is 6.30. The van der Waals surface area contributed by atoms with E-state index in [4.69, 9.17) is 11.6 Å². The van der Waals surface area contributed by atoms with Crippen molar-refractivity contribution in [1.29, 1.82) is 0 Å². The zero-order chi connectivity index (χ0) is 12.3. The Morgan fingerprint density at radius 3 is 2.47 bits per heavy atom. The topological polar surface area (TPSA) is 40.7 Å². The van der Waals surface area contributed by atoms with E-state index in [-0.39, 0.29) is 12.1 Å². The summed E-state index contributed by atoms with van der Waals surface area (Å²) in [7, 11) is 0. The fourth-order valence-corrected chi connectivity index (χ4v) is 1.94. The Labute approximate surface area is 106 Å². The summed E-state index contributed by atoms with van der Waals surface area (Å²) in [6.07, 6.45) is 3.60. The molecule has 2 rings (SSSR count). The first-order valence-electron chi connectivity index (χ1n) is 5.67. The zero-order valence-electron chi connectivity index (χ0n) is 9.94. The van der Waals surface area contributed by atoms with Crippen LogP contribution in [0.2, 0.25) is 5.02 Å². The number of halogens is 1. The lowest BCUT2D eigenvalue weighted by atomic mass is 10.1. The van der Waals surface area contributed by atoms with Gasteiger partial charge < -0.3 is 10.3 Å². The van der Waals surface area contributed by atoms with Crippen LogP contribution < -0.4 is 5.32 Å². The van der Waals surface area contributed by atoms with Crippen molar-refractivity contribution in [2.75, 3.05) is 0 Å². The Morgan fingerprint density at radius 2 is 1.88 bits per heavy atom. The number of H-pyrrole nitrogens is 1. The highest BCUT2D eigenvalue weighted by Gasteiger charge is 2.12. The second-order valence-electron chi connectivity index (χ2n) is 4.14. The van der Waals surface area contributed by atoms with Crippen LogP contribution in [0, 0.1) is 0 Å². The van der Waals surface area contributed by atoms with E-state index in [0.717, 1.165) is 10.8 Å². The van der Waals surface area contributed by atoms with Gasteiger partial charge in [0, 0.05) is 23.5 Å². The van der Waals surface area contributed by atoms with Crippen molar-refractivity contribution < 1.29 is 0 Å². The molecule has 90 valence electrons. The molecule has 1 heterocycles. The van der Waals surface area contributed by atoms with E-state index in [9.17, 15) is 0 Å². The summed E-state index contributed by atoms with van der Waals surface area (Å²) in [5.74, 6) is 0.950. The highest BCUT2D eigenvalue weighted by Crippen LogP contribution is 2.19. The zero-order valence-corrected chi connectivity index (χ0v) is 10.7. The van der Waals surface area contributed by atoms with Crippen molar-refractivity contribution in [3.8, 4) is 0 Å².